The number of hydrogen-bond acceptors (Lipinski definition) is 3. The molecular formula is C20H31N3OS. The molecule has 1 aromatic carbocycles. The number of benzene rings is 1. The molecule has 3 rings (SSSR count). The van der Waals surface area contributed by atoms with Crippen molar-refractivity contribution in [2.24, 2.45) is 10.9 Å². The van der Waals surface area contributed by atoms with Crippen molar-refractivity contribution in [2.45, 2.75) is 50.0 Å². The number of nitrogens with zero attached hydrogens (tertiary/aromatic N) is 1. The fraction of sp³-hybridized carbons (Fsp3) is 0.650. The number of guanidine groups is 1. The van der Waals surface area contributed by atoms with Crippen molar-refractivity contribution >= 4 is 17.7 Å². The normalized spacial score (nSPS) is 29.8. The second-order valence-corrected chi connectivity index (χ2v) is 8.12. The van der Waals surface area contributed by atoms with E-state index >= 15 is 0 Å². The van der Waals surface area contributed by atoms with Gasteiger partial charge in [-0.25, -0.2) is 0 Å². The van der Waals surface area contributed by atoms with Crippen molar-refractivity contribution in [3.63, 3.8) is 0 Å². The molecule has 4 nitrogen and oxygen atoms in total. The fourth-order valence-corrected chi connectivity index (χ4v) is 4.64. The lowest BCUT2D eigenvalue weighted by molar-refractivity contribution is 0.0925. The van der Waals surface area contributed by atoms with Crippen LogP contribution in [0.4, 0.5) is 0 Å². The van der Waals surface area contributed by atoms with E-state index in [-0.39, 0.29) is 6.10 Å². The molecule has 1 saturated heterocycles. The Kier molecular flexibility index (Phi) is 7.05. The molecule has 0 spiro atoms. The van der Waals surface area contributed by atoms with Crippen LogP contribution in [0.1, 0.15) is 44.3 Å². The van der Waals surface area contributed by atoms with Gasteiger partial charge in [0.15, 0.2) is 5.96 Å². The molecule has 4 atom stereocenters. The highest BCUT2D eigenvalue weighted by Gasteiger charge is 2.30. The van der Waals surface area contributed by atoms with E-state index in [0.717, 1.165) is 37.3 Å². The summed E-state index contributed by atoms with van der Waals surface area (Å²) < 4.78 is 5.99. The van der Waals surface area contributed by atoms with E-state index in [1.807, 2.05) is 11.8 Å². The Labute approximate surface area is 156 Å². The monoisotopic (exact) mass is 361 g/mol. The minimum absolute atomic E-state index is 0.181. The van der Waals surface area contributed by atoms with Gasteiger partial charge in [-0.2, -0.15) is 11.8 Å². The highest BCUT2D eigenvalue weighted by atomic mass is 32.2. The quantitative estimate of drug-likeness (QED) is 0.600. The summed E-state index contributed by atoms with van der Waals surface area (Å²) in [5.74, 6) is 1.42. The first kappa shape index (κ1) is 18.6. The zero-order valence-corrected chi connectivity index (χ0v) is 16.2. The summed E-state index contributed by atoms with van der Waals surface area (Å²) in [4.78, 5) is 4.89. The third-order valence-corrected chi connectivity index (χ3v) is 6.32. The van der Waals surface area contributed by atoms with Crippen LogP contribution in [0.2, 0.25) is 0 Å². The van der Waals surface area contributed by atoms with Gasteiger partial charge >= 0.3 is 0 Å². The number of thioether (sulfide) groups is 1. The highest BCUT2D eigenvalue weighted by molar-refractivity contribution is 7.99. The molecule has 1 saturated carbocycles. The first-order valence-corrected chi connectivity index (χ1v) is 10.8. The van der Waals surface area contributed by atoms with Gasteiger partial charge in [-0.1, -0.05) is 30.3 Å². The van der Waals surface area contributed by atoms with E-state index in [2.05, 4.69) is 54.1 Å². The van der Waals surface area contributed by atoms with Gasteiger partial charge in [-0.05, 0) is 44.4 Å². The molecule has 4 unspecified atom stereocenters. The maximum absolute atomic E-state index is 5.99. The Balaban J connectivity index is 1.59. The van der Waals surface area contributed by atoms with Crippen LogP contribution in [0.25, 0.3) is 0 Å². The van der Waals surface area contributed by atoms with Gasteiger partial charge in [0.2, 0.25) is 0 Å². The van der Waals surface area contributed by atoms with Crippen LogP contribution in [-0.2, 0) is 4.74 Å². The summed E-state index contributed by atoms with van der Waals surface area (Å²) in [6.45, 7) is 4.67. The smallest absolute Gasteiger partial charge is 0.191 e. The van der Waals surface area contributed by atoms with Crippen molar-refractivity contribution in [3.8, 4) is 0 Å². The molecule has 1 aromatic rings. The average molecular weight is 362 g/mol. The minimum Gasteiger partial charge on any atom is -0.373 e. The summed E-state index contributed by atoms with van der Waals surface area (Å²) in [7, 11) is 0. The van der Waals surface area contributed by atoms with Crippen LogP contribution in [-0.4, -0.2) is 43.2 Å². The second kappa shape index (κ2) is 9.48. The maximum atomic E-state index is 5.99. The topological polar surface area (TPSA) is 45.7 Å². The molecule has 1 aliphatic carbocycles. The van der Waals surface area contributed by atoms with Crippen LogP contribution >= 0.6 is 11.8 Å². The molecule has 5 heteroatoms. The summed E-state index contributed by atoms with van der Waals surface area (Å²) in [6.07, 6.45) is 7.28. The van der Waals surface area contributed by atoms with Gasteiger partial charge in [0, 0.05) is 36.9 Å². The zero-order chi connectivity index (χ0) is 17.5. The standard InChI is InChI=1S/C20H31N3OS/c1-3-21-20(23-17-9-10-18(13-17)25-2)22-14-16-11-12-24-19(16)15-7-5-4-6-8-15/h4-8,16-19H,3,9-14H2,1-2H3,(H2,21,22,23). The number of nitrogens with one attached hydrogen (secondary N) is 2. The van der Waals surface area contributed by atoms with Crippen molar-refractivity contribution in [1.29, 1.82) is 0 Å². The van der Waals surface area contributed by atoms with Gasteiger partial charge in [0.05, 0.1) is 6.10 Å². The molecule has 0 bridgehead atoms. The van der Waals surface area contributed by atoms with Gasteiger partial charge < -0.3 is 15.4 Å². The lowest BCUT2D eigenvalue weighted by Crippen LogP contribution is -2.43. The molecule has 0 amide bonds. The lowest BCUT2D eigenvalue weighted by atomic mass is 9.95. The lowest BCUT2D eigenvalue weighted by Gasteiger charge is -2.20. The van der Waals surface area contributed by atoms with E-state index in [0.29, 0.717) is 12.0 Å². The first-order valence-electron chi connectivity index (χ1n) is 9.54. The molecule has 0 radical (unpaired) electrons. The molecular weight excluding hydrogens is 330 g/mol. The van der Waals surface area contributed by atoms with Crippen LogP contribution in [0.3, 0.4) is 0 Å². The van der Waals surface area contributed by atoms with E-state index in [9.17, 15) is 0 Å². The highest BCUT2D eigenvalue weighted by Crippen LogP contribution is 2.34. The molecule has 2 fully saturated rings. The van der Waals surface area contributed by atoms with E-state index in [1.54, 1.807) is 0 Å². The molecule has 1 aliphatic heterocycles. The molecule has 2 aliphatic rings. The van der Waals surface area contributed by atoms with Gasteiger partial charge in [-0.15, -0.1) is 0 Å². The second-order valence-electron chi connectivity index (χ2n) is 6.98. The van der Waals surface area contributed by atoms with Crippen LogP contribution in [0.15, 0.2) is 35.3 Å². The van der Waals surface area contributed by atoms with E-state index in [1.165, 1.54) is 24.8 Å². The molecule has 1 heterocycles. The summed E-state index contributed by atoms with van der Waals surface area (Å²) >= 11 is 1.99. The third-order valence-electron chi connectivity index (χ3n) is 5.23. The first-order chi connectivity index (χ1) is 12.3. The van der Waals surface area contributed by atoms with Crippen LogP contribution in [0, 0.1) is 5.92 Å². The van der Waals surface area contributed by atoms with Gasteiger partial charge in [-0.3, -0.25) is 4.99 Å². The van der Waals surface area contributed by atoms with Crippen molar-refractivity contribution < 1.29 is 4.74 Å². The van der Waals surface area contributed by atoms with Crippen LogP contribution < -0.4 is 10.6 Å². The third kappa shape index (κ3) is 5.14. The predicted octanol–water partition coefficient (Wildman–Crippen LogP) is 3.60. The number of rotatable bonds is 6. The van der Waals surface area contributed by atoms with Crippen LogP contribution in [0.5, 0.6) is 0 Å². The molecule has 2 N–H and O–H groups in total. The maximum Gasteiger partial charge on any atom is 0.191 e. The van der Waals surface area contributed by atoms with Gasteiger partial charge in [0.1, 0.15) is 0 Å². The Hall–Kier alpha value is -1.20. The largest absolute Gasteiger partial charge is 0.373 e. The molecule has 25 heavy (non-hydrogen) atoms. The SMILES string of the molecule is CCNC(=NCC1CCOC1c1ccccc1)NC1CCC(SC)C1. The Morgan fingerprint density at radius 1 is 1.24 bits per heavy atom. The van der Waals surface area contributed by atoms with Crippen molar-refractivity contribution in [1.82, 2.24) is 10.6 Å². The summed E-state index contributed by atoms with van der Waals surface area (Å²) in [5, 5.41) is 7.85. The Morgan fingerprint density at radius 2 is 2.08 bits per heavy atom. The predicted molar refractivity (Wildman–Crippen MR) is 107 cm³/mol. The zero-order valence-electron chi connectivity index (χ0n) is 15.4. The summed E-state index contributed by atoms with van der Waals surface area (Å²) in [5.41, 5.74) is 1.27. The molecule has 138 valence electrons. The van der Waals surface area contributed by atoms with E-state index in [4.69, 9.17) is 9.73 Å². The Bertz CT molecular complexity index is 551. The summed E-state index contributed by atoms with van der Waals surface area (Å²) in [6, 6.07) is 11.1. The van der Waals surface area contributed by atoms with Crippen molar-refractivity contribution in [3.05, 3.63) is 35.9 Å². The fourth-order valence-electron chi connectivity index (χ4n) is 3.84. The minimum atomic E-state index is 0.181. The number of aliphatic imine (C=N–C) groups is 1. The number of ether oxygens (including phenoxy) is 1. The molecule has 0 aromatic heterocycles. The number of hydrogen-bond donors (Lipinski definition) is 2. The van der Waals surface area contributed by atoms with Gasteiger partial charge in [0.25, 0.3) is 0 Å². The van der Waals surface area contributed by atoms with E-state index < -0.39 is 0 Å². The average Bonchev–Trinajstić information content (AvgIpc) is 3.29. The Morgan fingerprint density at radius 3 is 2.80 bits per heavy atom. The van der Waals surface area contributed by atoms with Crippen molar-refractivity contribution in [2.75, 3.05) is 26.0 Å².